The average Bonchev–Trinajstić information content (AvgIpc) is 2.80. The lowest BCUT2D eigenvalue weighted by Gasteiger charge is -2.10. The number of benzene rings is 1. The molecule has 1 unspecified atom stereocenters. The number of fused-ring (bicyclic) bond motifs is 1. The average molecular weight is 344 g/mol. The van der Waals surface area contributed by atoms with E-state index in [4.69, 9.17) is 4.74 Å². The topological polar surface area (TPSA) is 22.1 Å². The number of halogens is 4. The summed E-state index contributed by atoms with van der Waals surface area (Å²) in [5.41, 5.74) is 0.610. The predicted octanol–water partition coefficient (Wildman–Crippen LogP) is 4.54. The van der Waals surface area contributed by atoms with Gasteiger partial charge < -0.3 is 4.74 Å². The Morgan fingerprint density at radius 3 is 2.70 bits per heavy atom. The van der Waals surface area contributed by atoms with Crippen LogP contribution in [-0.4, -0.2) is 4.98 Å². The molecule has 1 aliphatic rings. The molecular weight excluding hydrogens is 335 g/mol. The highest BCUT2D eigenvalue weighted by molar-refractivity contribution is 9.10. The molecule has 0 bridgehead atoms. The van der Waals surface area contributed by atoms with Crippen LogP contribution >= 0.6 is 15.9 Å². The predicted molar refractivity (Wildman–Crippen MR) is 70.5 cm³/mol. The van der Waals surface area contributed by atoms with Crippen LogP contribution in [-0.2, 0) is 12.6 Å². The van der Waals surface area contributed by atoms with E-state index in [1.54, 1.807) is 12.1 Å². The standard InChI is InChI=1S/C14H9BrF3NO/c15-13-3-1-2-10(19-13)12-7-8-6-9(14(16,17)18)4-5-11(8)20-12/h1-6,12H,7H2. The molecule has 2 aromatic rings. The van der Waals surface area contributed by atoms with Gasteiger partial charge in [0.1, 0.15) is 16.5 Å². The number of nitrogens with zero attached hydrogens (tertiary/aromatic N) is 1. The fraction of sp³-hybridized carbons (Fsp3) is 0.214. The molecule has 0 N–H and O–H groups in total. The summed E-state index contributed by atoms with van der Waals surface area (Å²) in [7, 11) is 0. The zero-order chi connectivity index (χ0) is 14.3. The lowest BCUT2D eigenvalue weighted by molar-refractivity contribution is -0.137. The first-order valence-electron chi connectivity index (χ1n) is 5.93. The van der Waals surface area contributed by atoms with Gasteiger partial charge in [-0.05, 0) is 51.8 Å². The van der Waals surface area contributed by atoms with Crippen molar-refractivity contribution in [2.45, 2.75) is 18.7 Å². The van der Waals surface area contributed by atoms with Gasteiger partial charge in [-0.3, -0.25) is 0 Å². The molecule has 1 aliphatic heterocycles. The summed E-state index contributed by atoms with van der Waals surface area (Å²) in [6.07, 6.45) is -4.28. The van der Waals surface area contributed by atoms with Crippen molar-refractivity contribution in [1.82, 2.24) is 4.98 Å². The summed E-state index contributed by atoms with van der Waals surface area (Å²) in [4.78, 5) is 4.28. The van der Waals surface area contributed by atoms with Crippen LogP contribution in [0.25, 0.3) is 0 Å². The molecule has 104 valence electrons. The highest BCUT2D eigenvalue weighted by Gasteiger charge is 2.33. The van der Waals surface area contributed by atoms with Gasteiger partial charge in [0, 0.05) is 6.42 Å². The maximum atomic E-state index is 12.7. The molecule has 0 amide bonds. The Hall–Kier alpha value is -1.56. The lowest BCUT2D eigenvalue weighted by atomic mass is 10.0. The third kappa shape index (κ3) is 2.52. The molecule has 2 heterocycles. The van der Waals surface area contributed by atoms with E-state index in [9.17, 15) is 13.2 Å². The summed E-state index contributed by atoms with van der Waals surface area (Å²) in [5.74, 6) is 0.491. The van der Waals surface area contributed by atoms with E-state index in [1.165, 1.54) is 6.07 Å². The van der Waals surface area contributed by atoms with Crippen molar-refractivity contribution >= 4 is 15.9 Å². The van der Waals surface area contributed by atoms with Gasteiger partial charge in [0.2, 0.25) is 0 Å². The van der Waals surface area contributed by atoms with E-state index >= 15 is 0 Å². The Bertz CT molecular complexity index is 657. The first-order chi connectivity index (χ1) is 9.43. The minimum absolute atomic E-state index is 0.342. The second kappa shape index (κ2) is 4.77. The van der Waals surface area contributed by atoms with Crippen LogP contribution in [0.4, 0.5) is 13.2 Å². The number of alkyl halides is 3. The summed E-state index contributed by atoms with van der Waals surface area (Å²) in [6.45, 7) is 0. The molecule has 6 heteroatoms. The second-order valence-electron chi connectivity index (χ2n) is 4.52. The van der Waals surface area contributed by atoms with Crippen molar-refractivity contribution in [3.8, 4) is 5.75 Å². The monoisotopic (exact) mass is 343 g/mol. The van der Waals surface area contributed by atoms with Crippen molar-refractivity contribution in [2.75, 3.05) is 0 Å². The number of rotatable bonds is 1. The third-order valence-corrected chi connectivity index (χ3v) is 3.57. The quantitative estimate of drug-likeness (QED) is 0.709. The SMILES string of the molecule is FC(F)(F)c1ccc2c(c1)CC(c1cccc(Br)n1)O2. The van der Waals surface area contributed by atoms with Crippen molar-refractivity contribution in [2.24, 2.45) is 0 Å². The number of hydrogen-bond donors (Lipinski definition) is 0. The van der Waals surface area contributed by atoms with Crippen LogP contribution in [0.5, 0.6) is 5.75 Å². The Labute approximate surface area is 121 Å². The van der Waals surface area contributed by atoms with Gasteiger partial charge in [0.05, 0.1) is 11.3 Å². The maximum Gasteiger partial charge on any atom is 0.416 e. The molecule has 0 spiro atoms. The lowest BCUT2D eigenvalue weighted by Crippen LogP contribution is -2.05. The third-order valence-electron chi connectivity index (χ3n) is 3.13. The first-order valence-corrected chi connectivity index (χ1v) is 6.72. The highest BCUT2D eigenvalue weighted by Crippen LogP contribution is 2.39. The number of aromatic nitrogens is 1. The van der Waals surface area contributed by atoms with E-state index in [0.717, 1.165) is 12.1 Å². The van der Waals surface area contributed by atoms with E-state index in [-0.39, 0.29) is 6.10 Å². The maximum absolute atomic E-state index is 12.7. The molecule has 0 saturated carbocycles. The minimum Gasteiger partial charge on any atom is -0.483 e. The van der Waals surface area contributed by atoms with Gasteiger partial charge in [-0.25, -0.2) is 4.98 Å². The smallest absolute Gasteiger partial charge is 0.416 e. The van der Waals surface area contributed by atoms with E-state index < -0.39 is 11.7 Å². The molecule has 0 aliphatic carbocycles. The van der Waals surface area contributed by atoms with Crippen molar-refractivity contribution < 1.29 is 17.9 Å². The zero-order valence-corrected chi connectivity index (χ0v) is 11.7. The molecule has 20 heavy (non-hydrogen) atoms. The second-order valence-corrected chi connectivity index (χ2v) is 5.33. The summed E-state index contributed by atoms with van der Waals surface area (Å²) >= 11 is 3.27. The van der Waals surface area contributed by atoms with Crippen molar-refractivity contribution in [3.63, 3.8) is 0 Å². The zero-order valence-electron chi connectivity index (χ0n) is 10.1. The molecule has 3 rings (SSSR count). The van der Waals surface area contributed by atoms with E-state index in [2.05, 4.69) is 20.9 Å². The van der Waals surface area contributed by atoms with Crippen LogP contribution in [0.3, 0.4) is 0 Å². The van der Waals surface area contributed by atoms with Crippen LogP contribution in [0.15, 0.2) is 41.0 Å². The Balaban J connectivity index is 1.89. The van der Waals surface area contributed by atoms with Crippen molar-refractivity contribution in [1.29, 1.82) is 0 Å². The summed E-state index contributed by atoms with van der Waals surface area (Å²) < 4.78 is 44.3. The molecule has 2 nitrogen and oxygen atoms in total. The normalized spacial score (nSPS) is 17.7. The molecule has 0 fully saturated rings. The van der Waals surface area contributed by atoms with E-state index in [0.29, 0.717) is 28.0 Å². The van der Waals surface area contributed by atoms with Gasteiger partial charge in [0.25, 0.3) is 0 Å². The van der Waals surface area contributed by atoms with Gasteiger partial charge in [-0.1, -0.05) is 6.07 Å². The van der Waals surface area contributed by atoms with Crippen LogP contribution in [0.1, 0.15) is 22.9 Å². The minimum atomic E-state index is -4.33. The van der Waals surface area contributed by atoms with Crippen LogP contribution < -0.4 is 4.74 Å². The Kier molecular flexibility index (Phi) is 3.20. The highest BCUT2D eigenvalue weighted by atomic mass is 79.9. The van der Waals surface area contributed by atoms with Crippen LogP contribution in [0.2, 0.25) is 0 Å². The molecule has 1 aromatic heterocycles. The largest absolute Gasteiger partial charge is 0.483 e. The number of ether oxygens (including phenoxy) is 1. The molecule has 1 aromatic carbocycles. The molecule has 0 saturated heterocycles. The fourth-order valence-corrected chi connectivity index (χ4v) is 2.55. The number of pyridine rings is 1. The Morgan fingerprint density at radius 1 is 1.20 bits per heavy atom. The van der Waals surface area contributed by atoms with Crippen molar-refractivity contribution in [3.05, 3.63) is 57.8 Å². The fourth-order valence-electron chi connectivity index (χ4n) is 2.19. The van der Waals surface area contributed by atoms with Gasteiger partial charge in [0.15, 0.2) is 0 Å². The molecule has 1 atom stereocenters. The molecule has 0 radical (unpaired) electrons. The Morgan fingerprint density at radius 2 is 2.00 bits per heavy atom. The molecular formula is C14H9BrF3NO. The van der Waals surface area contributed by atoms with Gasteiger partial charge in [-0.2, -0.15) is 13.2 Å². The van der Waals surface area contributed by atoms with Crippen LogP contribution in [0, 0.1) is 0 Å². The van der Waals surface area contributed by atoms with Gasteiger partial charge >= 0.3 is 6.18 Å². The summed E-state index contributed by atoms with van der Waals surface area (Å²) in [5, 5.41) is 0. The summed E-state index contributed by atoms with van der Waals surface area (Å²) in [6, 6.07) is 8.96. The van der Waals surface area contributed by atoms with E-state index in [1.807, 2.05) is 6.07 Å². The van der Waals surface area contributed by atoms with Gasteiger partial charge in [-0.15, -0.1) is 0 Å². The first kappa shape index (κ1) is 13.4. The number of hydrogen-bond acceptors (Lipinski definition) is 2.